The summed E-state index contributed by atoms with van der Waals surface area (Å²) in [7, 11) is 3.16. The summed E-state index contributed by atoms with van der Waals surface area (Å²) in [5.41, 5.74) is 1.43. The molecule has 0 radical (unpaired) electrons. The van der Waals surface area contributed by atoms with Crippen LogP contribution in [-0.4, -0.2) is 26.7 Å². The van der Waals surface area contributed by atoms with Gasteiger partial charge in [-0.15, -0.1) is 0 Å². The molecule has 0 aromatic heterocycles. The molecule has 1 amide bonds. The third-order valence-corrected chi connectivity index (χ3v) is 3.35. The lowest BCUT2D eigenvalue weighted by Crippen LogP contribution is -2.23. The fraction of sp³-hybridized carbons (Fsp3) is 0.278. The Hall–Kier alpha value is -2.69. The van der Waals surface area contributed by atoms with Gasteiger partial charge in [-0.2, -0.15) is 0 Å². The van der Waals surface area contributed by atoms with Crippen LogP contribution in [-0.2, 0) is 6.54 Å². The summed E-state index contributed by atoms with van der Waals surface area (Å²) in [6.45, 7) is 2.87. The zero-order chi connectivity index (χ0) is 16.7. The summed E-state index contributed by atoms with van der Waals surface area (Å²) in [4.78, 5) is 12.2. The average molecular weight is 315 g/mol. The first kappa shape index (κ1) is 16.7. The molecule has 23 heavy (non-hydrogen) atoms. The molecule has 0 unspecified atom stereocenters. The highest BCUT2D eigenvalue weighted by Crippen LogP contribution is 2.30. The van der Waals surface area contributed by atoms with Gasteiger partial charge in [0, 0.05) is 17.7 Å². The van der Waals surface area contributed by atoms with Crippen molar-refractivity contribution in [3.8, 4) is 17.2 Å². The molecule has 0 spiro atoms. The summed E-state index contributed by atoms with van der Waals surface area (Å²) in [6, 6.07) is 12.6. The lowest BCUT2D eigenvalue weighted by molar-refractivity contribution is 0.0950. The van der Waals surface area contributed by atoms with E-state index >= 15 is 0 Å². The van der Waals surface area contributed by atoms with Crippen molar-refractivity contribution < 1.29 is 19.0 Å². The number of nitrogens with one attached hydrogen (secondary N) is 1. The highest BCUT2D eigenvalue weighted by molar-refractivity contribution is 5.94. The second-order valence-electron chi connectivity index (χ2n) is 4.79. The van der Waals surface area contributed by atoms with Gasteiger partial charge in [0.25, 0.3) is 5.91 Å². The Labute approximate surface area is 136 Å². The monoisotopic (exact) mass is 315 g/mol. The van der Waals surface area contributed by atoms with Crippen LogP contribution in [0.25, 0.3) is 0 Å². The Balaban J connectivity index is 2.04. The van der Waals surface area contributed by atoms with Gasteiger partial charge in [0.05, 0.1) is 20.8 Å². The number of carbonyl (C=O) groups is 1. The smallest absolute Gasteiger partial charge is 0.251 e. The summed E-state index contributed by atoms with van der Waals surface area (Å²) in [5, 5.41) is 2.88. The van der Waals surface area contributed by atoms with Gasteiger partial charge >= 0.3 is 0 Å². The average Bonchev–Trinajstić information content (AvgIpc) is 2.60. The number of methoxy groups -OCH3 is 2. The topological polar surface area (TPSA) is 56.8 Å². The van der Waals surface area contributed by atoms with Crippen LogP contribution in [0, 0.1) is 0 Å². The van der Waals surface area contributed by atoms with Crippen LogP contribution in [0.15, 0.2) is 42.5 Å². The first-order valence-electron chi connectivity index (χ1n) is 7.40. The van der Waals surface area contributed by atoms with Crippen molar-refractivity contribution in [2.45, 2.75) is 13.5 Å². The SMILES string of the molecule is CCOc1ccc(C(=O)NCc2cccc(OC)c2OC)cc1. The van der Waals surface area contributed by atoms with E-state index in [2.05, 4.69) is 5.32 Å². The summed E-state index contributed by atoms with van der Waals surface area (Å²) in [6.07, 6.45) is 0. The van der Waals surface area contributed by atoms with Crippen LogP contribution < -0.4 is 19.5 Å². The molecule has 0 bridgehead atoms. The number of carbonyl (C=O) groups excluding carboxylic acids is 1. The number of amides is 1. The Kier molecular flexibility index (Phi) is 5.86. The fourth-order valence-corrected chi connectivity index (χ4v) is 2.24. The predicted octanol–water partition coefficient (Wildman–Crippen LogP) is 3.03. The molecule has 122 valence electrons. The van der Waals surface area contributed by atoms with Crippen molar-refractivity contribution in [3.05, 3.63) is 53.6 Å². The first-order valence-corrected chi connectivity index (χ1v) is 7.40. The van der Waals surface area contributed by atoms with Crippen molar-refractivity contribution in [1.29, 1.82) is 0 Å². The highest BCUT2D eigenvalue weighted by Gasteiger charge is 2.11. The maximum Gasteiger partial charge on any atom is 0.251 e. The van der Waals surface area contributed by atoms with Gasteiger partial charge < -0.3 is 19.5 Å². The van der Waals surface area contributed by atoms with Gasteiger partial charge in [-0.3, -0.25) is 4.79 Å². The van der Waals surface area contributed by atoms with E-state index < -0.39 is 0 Å². The number of hydrogen-bond donors (Lipinski definition) is 1. The van der Waals surface area contributed by atoms with Gasteiger partial charge in [0.15, 0.2) is 11.5 Å². The molecule has 5 nitrogen and oxygen atoms in total. The van der Waals surface area contributed by atoms with Gasteiger partial charge in [0.2, 0.25) is 0 Å². The third-order valence-electron chi connectivity index (χ3n) is 3.35. The van der Waals surface area contributed by atoms with E-state index in [1.807, 2.05) is 25.1 Å². The zero-order valence-electron chi connectivity index (χ0n) is 13.6. The van der Waals surface area contributed by atoms with Crippen LogP contribution in [0.5, 0.6) is 17.2 Å². The Morgan fingerprint density at radius 2 is 1.78 bits per heavy atom. The summed E-state index contributed by atoms with van der Waals surface area (Å²) < 4.78 is 16.0. The molecule has 5 heteroatoms. The predicted molar refractivity (Wildman–Crippen MR) is 88.3 cm³/mol. The minimum absolute atomic E-state index is 0.155. The maximum atomic E-state index is 12.2. The molecule has 1 N–H and O–H groups in total. The number of ether oxygens (including phenoxy) is 3. The molecule has 0 aliphatic carbocycles. The van der Waals surface area contributed by atoms with E-state index in [0.29, 0.717) is 30.2 Å². The molecule has 0 heterocycles. The molecule has 0 saturated heterocycles. The lowest BCUT2D eigenvalue weighted by Gasteiger charge is -2.13. The second kappa shape index (κ2) is 8.08. The molecular formula is C18H21NO4. The zero-order valence-corrected chi connectivity index (χ0v) is 13.6. The Morgan fingerprint density at radius 1 is 1.04 bits per heavy atom. The number of rotatable bonds is 7. The number of benzene rings is 2. The van der Waals surface area contributed by atoms with Crippen LogP contribution in [0.4, 0.5) is 0 Å². The minimum atomic E-state index is -0.155. The molecule has 0 aliphatic rings. The van der Waals surface area contributed by atoms with E-state index in [9.17, 15) is 4.79 Å². The number of para-hydroxylation sites is 1. The summed E-state index contributed by atoms with van der Waals surface area (Å²) in [5.74, 6) is 1.86. The van der Waals surface area contributed by atoms with Crippen LogP contribution in [0.1, 0.15) is 22.8 Å². The van der Waals surface area contributed by atoms with Crippen LogP contribution in [0.2, 0.25) is 0 Å². The molecule has 0 fully saturated rings. The highest BCUT2D eigenvalue weighted by atomic mass is 16.5. The lowest BCUT2D eigenvalue weighted by atomic mass is 10.1. The summed E-state index contributed by atoms with van der Waals surface area (Å²) >= 11 is 0. The number of hydrogen-bond acceptors (Lipinski definition) is 4. The van der Waals surface area contributed by atoms with E-state index in [4.69, 9.17) is 14.2 Å². The second-order valence-corrected chi connectivity index (χ2v) is 4.79. The Morgan fingerprint density at radius 3 is 2.39 bits per heavy atom. The maximum absolute atomic E-state index is 12.2. The normalized spacial score (nSPS) is 10.0. The molecule has 2 aromatic carbocycles. The minimum Gasteiger partial charge on any atom is -0.494 e. The van der Waals surface area contributed by atoms with Crippen molar-refractivity contribution in [1.82, 2.24) is 5.32 Å². The molecule has 2 rings (SSSR count). The van der Waals surface area contributed by atoms with Gasteiger partial charge in [-0.25, -0.2) is 0 Å². The quantitative estimate of drug-likeness (QED) is 0.853. The van der Waals surface area contributed by atoms with Crippen molar-refractivity contribution >= 4 is 5.91 Å². The van der Waals surface area contributed by atoms with E-state index in [0.717, 1.165) is 11.3 Å². The van der Waals surface area contributed by atoms with Gasteiger partial charge in [-0.1, -0.05) is 12.1 Å². The molecular weight excluding hydrogens is 294 g/mol. The fourth-order valence-electron chi connectivity index (χ4n) is 2.24. The van der Waals surface area contributed by atoms with E-state index in [1.54, 1.807) is 38.5 Å². The van der Waals surface area contributed by atoms with Crippen LogP contribution in [0.3, 0.4) is 0 Å². The molecule has 0 atom stereocenters. The van der Waals surface area contributed by atoms with E-state index in [1.165, 1.54) is 0 Å². The molecule has 0 saturated carbocycles. The van der Waals surface area contributed by atoms with Crippen LogP contribution >= 0.6 is 0 Å². The van der Waals surface area contributed by atoms with Gasteiger partial charge in [-0.05, 0) is 37.3 Å². The van der Waals surface area contributed by atoms with Crippen molar-refractivity contribution in [3.63, 3.8) is 0 Å². The molecule has 0 aliphatic heterocycles. The van der Waals surface area contributed by atoms with Crippen molar-refractivity contribution in [2.24, 2.45) is 0 Å². The largest absolute Gasteiger partial charge is 0.494 e. The first-order chi connectivity index (χ1) is 11.2. The Bertz CT molecular complexity index is 653. The van der Waals surface area contributed by atoms with Gasteiger partial charge in [0.1, 0.15) is 5.75 Å². The van der Waals surface area contributed by atoms with E-state index in [-0.39, 0.29) is 5.91 Å². The molecule has 2 aromatic rings. The standard InChI is InChI=1S/C18H21NO4/c1-4-23-15-10-8-13(9-11-15)18(20)19-12-14-6-5-7-16(21-2)17(14)22-3/h5-11H,4,12H2,1-3H3,(H,19,20). The third kappa shape index (κ3) is 4.16. The van der Waals surface area contributed by atoms with Crippen molar-refractivity contribution in [2.75, 3.05) is 20.8 Å².